The molecule has 0 saturated carbocycles. The topological polar surface area (TPSA) is 0 Å². The molecule has 1 aromatic carbocycles. The molecule has 0 saturated heterocycles. The molecule has 1 aliphatic rings. The molecule has 0 spiro atoms. The van der Waals surface area contributed by atoms with Crippen LogP contribution in [-0.2, 0) is 6.42 Å². The van der Waals surface area contributed by atoms with Crippen LogP contribution in [0.25, 0.3) is 0 Å². The Balaban J connectivity index is 2.33. The first kappa shape index (κ1) is 31.1. The molecule has 0 nitrogen and oxygen atoms in total. The molecule has 1 aromatic rings. The minimum Gasteiger partial charge on any atom is -0.0955 e. The van der Waals surface area contributed by atoms with Crippen molar-refractivity contribution >= 4 is 0 Å². The third kappa shape index (κ3) is 9.01. The second kappa shape index (κ2) is 14.2. The maximum atomic E-state index is 4.64. The molecule has 3 atom stereocenters. The van der Waals surface area contributed by atoms with Gasteiger partial charge in [-0.05, 0) is 116 Å². The number of unbranched alkanes of at least 4 members (excludes halogenated alkanes) is 1. The third-order valence-corrected chi connectivity index (χ3v) is 8.76. The van der Waals surface area contributed by atoms with Crippen molar-refractivity contribution in [3.05, 3.63) is 94.1 Å². The minimum atomic E-state index is 0.348. The van der Waals surface area contributed by atoms with Crippen LogP contribution in [0.2, 0.25) is 0 Å². The predicted octanol–water partition coefficient (Wildman–Crippen LogP) is 11.7. The first-order chi connectivity index (χ1) is 17.4. The Morgan fingerprint density at radius 1 is 1.11 bits per heavy atom. The summed E-state index contributed by atoms with van der Waals surface area (Å²) in [6, 6.07) is 9.35. The van der Waals surface area contributed by atoms with Crippen LogP contribution in [0.5, 0.6) is 0 Å². The number of hydrogen-bond donors (Lipinski definition) is 0. The van der Waals surface area contributed by atoms with Crippen LogP contribution in [0.15, 0.2) is 83.0 Å². The number of hydrogen-bond acceptors (Lipinski definition) is 0. The van der Waals surface area contributed by atoms with E-state index in [9.17, 15) is 0 Å². The molecule has 1 aliphatic carbocycles. The molecule has 0 heterocycles. The molecule has 2 rings (SSSR count). The summed E-state index contributed by atoms with van der Waals surface area (Å²) < 4.78 is 0. The van der Waals surface area contributed by atoms with Gasteiger partial charge in [-0.2, -0.15) is 0 Å². The molecule has 37 heavy (non-hydrogen) atoms. The number of allylic oxidation sites excluding steroid dienone is 8. The monoisotopic (exact) mass is 500 g/mol. The minimum absolute atomic E-state index is 0.348. The van der Waals surface area contributed by atoms with Gasteiger partial charge in [-0.3, -0.25) is 0 Å². The average Bonchev–Trinajstić information content (AvgIpc) is 2.85. The highest BCUT2D eigenvalue weighted by Gasteiger charge is 2.28. The van der Waals surface area contributed by atoms with Gasteiger partial charge in [0.25, 0.3) is 0 Å². The fourth-order valence-corrected chi connectivity index (χ4v) is 5.79. The van der Waals surface area contributed by atoms with E-state index in [1.807, 2.05) is 0 Å². The molecule has 0 N–H and O–H groups in total. The van der Waals surface area contributed by atoms with Crippen molar-refractivity contribution in [2.24, 2.45) is 17.3 Å². The SMILES string of the molecule is C=C(C)C(=C\C1=C(C)CC[C@H](C(C)(C)C)C1)/C=C(\C)C(=C)[C@H](C)[C@H](CCC)c1cccc(CCCC)c1. The number of benzene rings is 1. The van der Waals surface area contributed by atoms with Gasteiger partial charge in [0.1, 0.15) is 0 Å². The predicted molar refractivity (Wildman–Crippen MR) is 167 cm³/mol. The van der Waals surface area contributed by atoms with Gasteiger partial charge < -0.3 is 0 Å². The van der Waals surface area contributed by atoms with Crippen molar-refractivity contribution in [3.63, 3.8) is 0 Å². The second-order valence-electron chi connectivity index (χ2n) is 12.9. The van der Waals surface area contributed by atoms with E-state index in [0.717, 1.165) is 11.5 Å². The Morgan fingerprint density at radius 3 is 2.41 bits per heavy atom. The summed E-state index contributed by atoms with van der Waals surface area (Å²) >= 11 is 0. The van der Waals surface area contributed by atoms with Crippen molar-refractivity contribution in [2.45, 2.75) is 120 Å². The highest BCUT2D eigenvalue weighted by Crippen LogP contribution is 2.41. The van der Waals surface area contributed by atoms with Crippen LogP contribution < -0.4 is 0 Å². The number of rotatable bonds is 12. The van der Waals surface area contributed by atoms with Crippen LogP contribution >= 0.6 is 0 Å². The quantitative estimate of drug-likeness (QED) is 0.250. The first-order valence-electron chi connectivity index (χ1n) is 14.9. The Labute approximate surface area is 230 Å². The van der Waals surface area contributed by atoms with Crippen LogP contribution in [0.4, 0.5) is 0 Å². The van der Waals surface area contributed by atoms with E-state index in [2.05, 4.69) is 112 Å². The third-order valence-electron chi connectivity index (χ3n) is 8.76. The lowest BCUT2D eigenvalue weighted by Crippen LogP contribution is -2.23. The molecular formula is C37H56. The lowest BCUT2D eigenvalue weighted by molar-refractivity contribution is 0.217. The Morgan fingerprint density at radius 2 is 1.81 bits per heavy atom. The van der Waals surface area contributed by atoms with Crippen molar-refractivity contribution in [2.75, 3.05) is 0 Å². The van der Waals surface area contributed by atoms with Crippen molar-refractivity contribution in [3.8, 4) is 0 Å². The first-order valence-corrected chi connectivity index (χ1v) is 14.9. The Bertz CT molecular complexity index is 1020. The molecule has 0 aliphatic heterocycles. The molecule has 0 fully saturated rings. The zero-order valence-corrected chi connectivity index (χ0v) is 25.8. The van der Waals surface area contributed by atoms with E-state index >= 15 is 0 Å². The summed E-state index contributed by atoms with van der Waals surface area (Å²) in [5.74, 6) is 1.62. The van der Waals surface area contributed by atoms with Crippen molar-refractivity contribution in [1.82, 2.24) is 0 Å². The Kier molecular flexibility index (Phi) is 11.9. The zero-order chi connectivity index (χ0) is 27.8. The van der Waals surface area contributed by atoms with Crippen LogP contribution in [-0.4, -0.2) is 0 Å². The highest BCUT2D eigenvalue weighted by atomic mass is 14.3. The van der Waals surface area contributed by atoms with Crippen LogP contribution in [0.3, 0.4) is 0 Å². The van der Waals surface area contributed by atoms with Crippen LogP contribution in [0.1, 0.15) is 124 Å². The normalized spacial score (nSPS) is 19.1. The van der Waals surface area contributed by atoms with Gasteiger partial charge in [0.2, 0.25) is 0 Å². The van der Waals surface area contributed by atoms with Crippen LogP contribution in [0, 0.1) is 17.3 Å². The largest absolute Gasteiger partial charge is 0.0955 e. The van der Waals surface area contributed by atoms with Gasteiger partial charge >= 0.3 is 0 Å². The Hall–Kier alpha value is -2.08. The van der Waals surface area contributed by atoms with Gasteiger partial charge in [0, 0.05) is 0 Å². The summed E-state index contributed by atoms with van der Waals surface area (Å²) in [7, 11) is 0. The maximum absolute atomic E-state index is 4.64. The van der Waals surface area contributed by atoms with E-state index < -0.39 is 0 Å². The fourth-order valence-electron chi connectivity index (χ4n) is 5.79. The fraction of sp³-hybridized carbons (Fsp3) is 0.568. The summed E-state index contributed by atoms with van der Waals surface area (Å²) in [5, 5.41) is 0. The number of aryl methyl sites for hydroxylation is 1. The van der Waals surface area contributed by atoms with Gasteiger partial charge in [-0.25, -0.2) is 0 Å². The lowest BCUT2D eigenvalue weighted by atomic mass is 9.70. The summed E-state index contributed by atoms with van der Waals surface area (Å²) in [5.41, 5.74) is 11.3. The lowest BCUT2D eigenvalue weighted by Gasteiger charge is -2.35. The molecule has 0 radical (unpaired) electrons. The van der Waals surface area contributed by atoms with E-state index in [1.165, 1.54) is 84.8 Å². The molecule has 204 valence electrons. The average molecular weight is 501 g/mol. The molecule has 0 amide bonds. The zero-order valence-electron chi connectivity index (χ0n) is 25.8. The van der Waals surface area contributed by atoms with Gasteiger partial charge in [0.15, 0.2) is 0 Å². The van der Waals surface area contributed by atoms with Gasteiger partial charge in [-0.1, -0.05) is 115 Å². The van der Waals surface area contributed by atoms with Crippen molar-refractivity contribution < 1.29 is 0 Å². The summed E-state index contributed by atoms with van der Waals surface area (Å²) in [4.78, 5) is 0. The molecule has 0 aromatic heterocycles. The standard InChI is InChI=1S/C37H56/c1-12-14-17-31-18-15-19-32(23-31)36(16-13-2)30(8)29(7)28(6)22-33(26(3)4)24-34-25-35(37(9,10)11)21-20-27(34)5/h15,18-19,22-24,30,35-36H,3,7,12-14,16-17,20-21,25H2,1-2,4-6,8-11H3/b28-22+,33-24-/t30-,35-,36-/m0/s1. The van der Waals surface area contributed by atoms with Crippen molar-refractivity contribution in [1.29, 1.82) is 0 Å². The second-order valence-corrected chi connectivity index (χ2v) is 12.9. The maximum Gasteiger partial charge on any atom is -0.00959 e. The molecule has 0 heteroatoms. The van der Waals surface area contributed by atoms with Gasteiger partial charge in [0.05, 0.1) is 0 Å². The molecule has 0 bridgehead atoms. The molecule has 0 unspecified atom stereocenters. The molecular weight excluding hydrogens is 444 g/mol. The van der Waals surface area contributed by atoms with E-state index in [4.69, 9.17) is 0 Å². The van der Waals surface area contributed by atoms with E-state index in [-0.39, 0.29) is 0 Å². The van der Waals surface area contributed by atoms with E-state index in [0.29, 0.717) is 17.3 Å². The summed E-state index contributed by atoms with van der Waals surface area (Å²) in [6.07, 6.45) is 14.5. The summed E-state index contributed by atoms with van der Waals surface area (Å²) in [6.45, 7) is 29.8. The highest BCUT2D eigenvalue weighted by molar-refractivity contribution is 5.48. The van der Waals surface area contributed by atoms with Gasteiger partial charge in [-0.15, -0.1) is 0 Å². The van der Waals surface area contributed by atoms with E-state index in [1.54, 1.807) is 5.57 Å². The smallest absolute Gasteiger partial charge is 0.00959 e.